The Morgan fingerprint density at radius 2 is 2.08 bits per heavy atom. The van der Waals surface area contributed by atoms with Crippen LogP contribution < -0.4 is 10.6 Å². The van der Waals surface area contributed by atoms with Gasteiger partial charge in [0, 0.05) is 50.2 Å². The molecule has 0 aliphatic heterocycles. The molecule has 128 valence electrons. The summed E-state index contributed by atoms with van der Waals surface area (Å²) in [5.74, 6) is 1.16. The number of carbonyl (C=O) groups is 1. The fourth-order valence-electron chi connectivity index (χ4n) is 2.21. The van der Waals surface area contributed by atoms with Crippen molar-refractivity contribution in [1.29, 1.82) is 0 Å². The third-order valence-corrected chi connectivity index (χ3v) is 3.72. The normalized spacial score (nSPS) is 10.5. The van der Waals surface area contributed by atoms with Crippen LogP contribution in [0.3, 0.4) is 0 Å². The summed E-state index contributed by atoms with van der Waals surface area (Å²) in [6.07, 6.45) is 1.05. The molecular formula is C17H21ClN4O2. The molecule has 0 unspecified atom stereocenters. The second-order valence-corrected chi connectivity index (χ2v) is 5.71. The Bertz CT molecular complexity index is 722. The van der Waals surface area contributed by atoms with E-state index in [0.29, 0.717) is 41.7 Å². The highest BCUT2D eigenvalue weighted by atomic mass is 35.5. The van der Waals surface area contributed by atoms with Gasteiger partial charge in [-0.3, -0.25) is 4.79 Å². The molecule has 24 heavy (non-hydrogen) atoms. The largest absolute Gasteiger partial charge is 0.385 e. The molecule has 0 amide bonds. The smallest absolute Gasteiger partial charge is 0.229 e. The first-order valence-electron chi connectivity index (χ1n) is 7.65. The van der Waals surface area contributed by atoms with Crippen molar-refractivity contribution in [3.05, 3.63) is 40.5 Å². The Morgan fingerprint density at radius 3 is 2.79 bits per heavy atom. The van der Waals surface area contributed by atoms with Gasteiger partial charge in [0.2, 0.25) is 5.95 Å². The Hall–Kier alpha value is -2.18. The number of ketones is 1. The minimum absolute atomic E-state index is 0.0122. The molecule has 0 aliphatic carbocycles. The molecule has 0 saturated heterocycles. The predicted molar refractivity (Wildman–Crippen MR) is 96.5 cm³/mol. The second-order valence-electron chi connectivity index (χ2n) is 5.31. The minimum Gasteiger partial charge on any atom is -0.385 e. The first-order valence-corrected chi connectivity index (χ1v) is 8.03. The number of hydrogen-bond acceptors (Lipinski definition) is 6. The Kier molecular flexibility index (Phi) is 6.52. The van der Waals surface area contributed by atoms with E-state index >= 15 is 0 Å². The molecule has 7 heteroatoms. The van der Waals surface area contributed by atoms with Crippen LogP contribution in [0, 0.1) is 6.92 Å². The van der Waals surface area contributed by atoms with Crippen LogP contribution in [0.4, 0.5) is 17.5 Å². The maximum atomic E-state index is 12.3. The molecule has 6 nitrogen and oxygen atoms in total. The van der Waals surface area contributed by atoms with E-state index in [4.69, 9.17) is 16.3 Å². The molecule has 0 aliphatic rings. The molecule has 0 fully saturated rings. The fourth-order valence-corrected chi connectivity index (χ4v) is 2.43. The number of benzene rings is 1. The van der Waals surface area contributed by atoms with Gasteiger partial charge in [-0.2, -0.15) is 4.98 Å². The van der Waals surface area contributed by atoms with Crippen LogP contribution >= 0.6 is 11.6 Å². The molecule has 1 aromatic heterocycles. The lowest BCUT2D eigenvalue weighted by atomic mass is 10.1. The summed E-state index contributed by atoms with van der Waals surface area (Å²) >= 11 is 6.16. The maximum Gasteiger partial charge on any atom is 0.229 e. The topological polar surface area (TPSA) is 76.1 Å². The third kappa shape index (κ3) is 4.91. The molecule has 0 bridgehead atoms. The van der Waals surface area contributed by atoms with E-state index in [9.17, 15) is 4.79 Å². The summed E-state index contributed by atoms with van der Waals surface area (Å²) in [7, 11) is 3.41. The molecule has 0 spiro atoms. The van der Waals surface area contributed by atoms with E-state index in [2.05, 4.69) is 20.6 Å². The van der Waals surface area contributed by atoms with Crippen LogP contribution in [0.2, 0.25) is 5.02 Å². The Morgan fingerprint density at radius 1 is 1.29 bits per heavy atom. The lowest BCUT2D eigenvalue weighted by molar-refractivity contribution is 0.0963. The lowest BCUT2D eigenvalue weighted by Crippen LogP contribution is -2.05. The summed E-state index contributed by atoms with van der Waals surface area (Å²) in [6, 6.07) is 7.06. The van der Waals surface area contributed by atoms with Crippen LogP contribution in [-0.2, 0) is 4.74 Å². The van der Waals surface area contributed by atoms with Crippen LogP contribution in [0.1, 0.15) is 28.9 Å². The second kappa shape index (κ2) is 8.61. The SMILES string of the molecule is CNc1cc(C)nc(Nc2ccc(Cl)c(C(=O)CCCOC)c2)n1. The van der Waals surface area contributed by atoms with Crippen molar-refractivity contribution in [2.24, 2.45) is 0 Å². The number of nitrogens with zero attached hydrogens (tertiary/aromatic N) is 2. The van der Waals surface area contributed by atoms with Crippen molar-refractivity contribution >= 4 is 34.8 Å². The Labute approximate surface area is 146 Å². The number of methoxy groups -OCH3 is 1. The van der Waals surface area contributed by atoms with Crippen molar-refractivity contribution in [3.8, 4) is 0 Å². The first kappa shape index (κ1) is 18.2. The average Bonchev–Trinajstić information content (AvgIpc) is 2.56. The summed E-state index contributed by atoms with van der Waals surface area (Å²) in [4.78, 5) is 21.0. The van der Waals surface area contributed by atoms with Crippen molar-refractivity contribution in [1.82, 2.24) is 9.97 Å². The van der Waals surface area contributed by atoms with Gasteiger partial charge in [-0.25, -0.2) is 4.98 Å². The van der Waals surface area contributed by atoms with Crippen molar-refractivity contribution in [2.45, 2.75) is 19.8 Å². The average molecular weight is 349 g/mol. The zero-order valence-corrected chi connectivity index (χ0v) is 14.8. The number of Topliss-reactive ketones (excluding diaryl/α,β-unsaturated/α-hetero) is 1. The van der Waals surface area contributed by atoms with E-state index < -0.39 is 0 Å². The number of hydrogen-bond donors (Lipinski definition) is 2. The van der Waals surface area contributed by atoms with Gasteiger partial charge in [-0.1, -0.05) is 11.6 Å². The molecule has 1 heterocycles. The van der Waals surface area contributed by atoms with E-state index in [1.54, 1.807) is 32.4 Å². The number of aromatic nitrogens is 2. The maximum absolute atomic E-state index is 12.3. The highest BCUT2D eigenvalue weighted by molar-refractivity contribution is 6.34. The van der Waals surface area contributed by atoms with Gasteiger partial charge in [-0.05, 0) is 31.5 Å². The molecule has 0 atom stereocenters. The van der Waals surface area contributed by atoms with Gasteiger partial charge < -0.3 is 15.4 Å². The number of aryl methyl sites for hydroxylation is 1. The molecule has 1 aromatic carbocycles. The molecule has 0 saturated carbocycles. The monoisotopic (exact) mass is 348 g/mol. The first-order chi connectivity index (χ1) is 11.5. The third-order valence-electron chi connectivity index (χ3n) is 3.39. The molecule has 2 aromatic rings. The van der Waals surface area contributed by atoms with Gasteiger partial charge in [0.25, 0.3) is 0 Å². The highest BCUT2D eigenvalue weighted by Gasteiger charge is 2.12. The minimum atomic E-state index is -0.0122. The van der Waals surface area contributed by atoms with Crippen LogP contribution in [-0.4, -0.2) is 36.5 Å². The van der Waals surface area contributed by atoms with Crippen LogP contribution in [0.15, 0.2) is 24.3 Å². The van der Waals surface area contributed by atoms with Crippen molar-refractivity contribution < 1.29 is 9.53 Å². The van der Waals surface area contributed by atoms with Crippen molar-refractivity contribution in [2.75, 3.05) is 31.4 Å². The number of halogens is 1. The number of anilines is 3. The number of rotatable bonds is 8. The summed E-state index contributed by atoms with van der Waals surface area (Å²) in [5, 5.41) is 6.53. The van der Waals surface area contributed by atoms with Gasteiger partial charge in [0.05, 0.1) is 5.02 Å². The summed E-state index contributed by atoms with van der Waals surface area (Å²) in [6.45, 7) is 2.44. The number of ether oxygens (including phenoxy) is 1. The quantitative estimate of drug-likeness (QED) is 0.557. The molecular weight excluding hydrogens is 328 g/mol. The van der Waals surface area contributed by atoms with Gasteiger partial charge in [0.15, 0.2) is 5.78 Å². The number of carbonyl (C=O) groups excluding carboxylic acids is 1. The van der Waals surface area contributed by atoms with Crippen molar-refractivity contribution in [3.63, 3.8) is 0 Å². The van der Waals surface area contributed by atoms with Crippen LogP contribution in [0.25, 0.3) is 0 Å². The van der Waals surface area contributed by atoms with Gasteiger partial charge in [0.1, 0.15) is 5.82 Å². The predicted octanol–water partition coefficient (Wildman–Crippen LogP) is 3.83. The van der Waals surface area contributed by atoms with Gasteiger partial charge >= 0.3 is 0 Å². The molecule has 0 radical (unpaired) electrons. The summed E-state index contributed by atoms with van der Waals surface area (Å²) < 4.78 is 4.97. The zero-order chi connectivity index (χ0) is 17.5. The Balaban J connectivity index is 2.18. The van der Waals surface area contributed by atoms with E-state index in [0.717, 1.165) is 11.5 Å². The van der Waals surface area contributed by atoms with E-state index in [1.807, 2.05) is 13.0 Å². The molecule has 2 N–H and O–H groups in total. The molecule has 2 rings (SSSR count). The van der Waals surface area contributed by atoms with E-state index in [-0.39, 0.29) is 5.78 Å². The van der Waals surface area contributed by atoms with Gasteiger partial charge in [-0.15, -0.1) is 0 Å². The lowest BCUT2D eigenvalue weighted by Gasteiger charge is -2.10. The summed E-state index contributed by atoms with van der Waals surface area (Å²) in [5.41, 5.74) is 2.03. The fraction of sp³-hybridized carbons (Fsp3) is 0.353. The van der Waals surface area contributed by atoms with Crippen LogP contribution in [0.5, 0.6) is 0 Å². The zero-order valence-electron chi connectivity index (χ0n) is 14.0. The standard InChI is InChI=1S/C17H21ClN4O2/c1-11-9-16(19-2)22-17(20-11)21-12-6-7-14(18)13(10-12)15(23)5-4-8-24-3/h6-7,9-10H,4-5,8H2,1-3H3,(H2,19,20,21,22). The van der Waals surface area contributed by atoms with E-state index in [1.165, 1.54) is 0 Å². The highest BCUT2D eigenvalue weighted by Crippen LogP contribution is 2.24. The number of nitrogens with one attached hydrogen (secondary N) is 2.